The van der Waals surface area contributed by atoms with E-state index in [1.165, 1.54) is 6.66 Å². The Bertz CT molecular complexity index is 292. The van der Waals surface area contributed by atoms with Gasteiger partial charge in [-0.2, -0.15) is 0 Å². The molecule has 0 saturated heterocycles. The number of hydrogen-bond acceptors (Lipinski definition) is 4. The van der Waals surface area contributed by atoms with Crippen molar-refractivity contribution in [2.75, 3.05) is 33.5 Å². The average molecular weight is 295 g/mol. The van der Waals surface area contributed by atoms with Crippen LogP contribution in [0.15, 0.2) is 0 Å². The molecular weight excluding hydrogens is 269 g/mol. The molecule has 0 rings (SSSR count). The van der Waals surface area contributed by atoms with Crippen molar-refractivity contribution >= 4 is 13.5 Å². The number of amides is 1. The van der Waals surface area contributed by atoms with Crippen molar-refractivity contribution in [3.63, 3.8) is 0 Å². The summed E-state index contributed by atoms with van der Waals surface area (Å²) in [6, 6.07) is 0. The van der Waals surface area contributed by atoms with E-state index < -0.39 is 7.60 Å². The molecule has 0 spiro atoms. The summed E-state index contributed by atoms with van der Waals surface area (Å²) in [6.45, 7) is 4.40. The number of hydrogen-bond donors (Lipinski definition) is 2. The maximum atomic E-state index is 11.5. The molecular formula is C12H26NO5P. The molecule has 2 unspecified atom stereocenters. The quantitative estimate of drug-likeness (QED) is 0.448. The van der Waals surface area contributed by atoms with Crippen LogP contribution in [0, 0.1) is 5.92 Å². The van der Waals surface area contributed by atoms with Gasteiger partial charge < -0.3 is 19.5 Å². The van der Waals surface area contributed by atoms with Crippen LogP contribution in [0.5, 0.6) is 0 Å². The fourth-order valence-corrected chi connectivity index (χ4v) is 1.99. The summed E-state index contributed by atoms with van der Waals surface area (Å²) in [7, 11) is -1.75. The third kappa shape index (κ3) is 12.4. The lowest BCUT2D eigenvalue weighted by atomic mass is 10.1. The van der Waals surface area contributed by atoms with Gasteiger partial charge in [-0.3, -0.25) is 9.36 Å². The van der Waals surface area contributed by atoms with Crippen molar-refractivity contribution in [2.24, 2.45) is 5.92 Å². The first-order valence-electron chi connectivity index (χ1n) is 6.58. The highest BCUT2D eigenvalue weighted by Gasteiger charge is 2.11. The Morgan fingerprint density at radius 2 is 1.95 bits per heavy atom. The smallest absolute Gasteiger partial charge is 0.325 e. The summed E-state index contributed by atoms with van der Waals surface area (Å²) in [6.07, 6.45) is 3.53. The van der Waals surface area contributed by atoms with Crippen LogP contribution in [-0.4, -0.2) is 44.3 Å². The van der Waals surface area contributed by atoms with E-state index in [2.05, 4.69) is 5.32 Å². The second-order valence-corrected chi connectivity index (χ2v) is 6.56. The second-order valence-electron chi connectivity index (χ2n) is 4.70. The zero-order valence-corrected chi connectivity index (χ0v) is 12.9. The van der Waals surface area contributed by atoms with Gasteiger partial charge >= 0.3 is 7.60 Å². The lowest BCUT2D eigenvalue weighted by Crippen LogP contribution is -2.32. The number of rotatable bonds is 11. The van der Waals surface area contributed by atoms with Gasteiger partial charge in [0.25, 0.3) is 0 Å². The molecule has 6 nitrogen and oxygen atoms in total. The van der Waals surface area contributed by atoms with Crippen LogP contribution in [0.2, 0.25) is 0 Å². The standard InChI is InChI=1S/C12H26NO5P/c1-11(10-17-2)12(14)13-8-6-4-5-7-9-18-19(3,15)16/h11H,4-10H2,1-3H3,(H,13,14)(H,15,16). The normalized spacial score (nSPS) is 15.8. The fraction of sp³-hybridized carbons (Fsp3) is 0.917. The van der Waals surface area contributed by atoms with Crippen molar-refractivity contribution in [3.05, 3.63) is 0 Å². The van der Waals surface area contributed by atoms with E-state index in [4.69, 9.17) is 14.2 Å². The molecule has 0 aliphatic carbocycles. The van der Waals surface area contributed by atoms with Crippen LogP contribution in [-0.2, 0) is 18.6 Å². The van der Waals surface area contributed by atoms with Gasteiger partial charge in [-0.05, 0) is 12.8 Å². The Labute approximate surface area is 115 Å². The highest BCUT2D eigenvalue weighted by atomic mass is 31.2. The van der Waals surface area contributed by atoms with E-state index in [9.17, 15) is 9.36 Å². The van der Waals surface area contributed by atoms with Crippen LogP contribution in [0.4, 0.5) is 0 Å². The number of carbonyl (C=O) groups excluding carboxylic acids is 1. The Balaban J connectivity index is 3.36. The van der Waals surface area contributed by atoms with Crippen LogP contribution in [0.25, 0.3) is 0 Å². The average Bonchev–Trinajstić information content (AvgIpc) is 2.31. The molecule has 0 radical (unpaired) electrons. The van der Waals surface area contributed by atoms with E-state index >= 15 is 0 Å². The van der Waals surface area contributed by atoms with Gasteiger partial charge in [0, 0.05) is 20.3 Å². The minimum atomic E-state index is -3.33. The predicted octanol–water partition coefficient (Wildman–Crippen LogP) is 1.78. The van der Waals surface area contributed by atoms with E-state index in [0.29, 0.717) is 19.8 Å². The van der Waals surface area contributed by atoms with Gasteiger partial charge in [-0.15, -0.1) is 0 Å². The molecule has 2 atom stereocenters. The molecule has 1 amide bonds. The van der Waals surface area contributed by atoms with E-state index in [1.807, 2.05) is 6.92 Å². The van der Waals surface area contributed by atoms with Crippen molar-refractivity contribution in [3.8, 4) is 0 Å². The second kappa shape index (κ2) is 10.4. The first-order valence-corrected chi connectivity index (χ1v) is 8.60. The molecule has 0 aromatic rings. The highest BCUT2D eigenvalue weighted by Crippen LogP contribution is 2.36. The lowest BCUT2D eigenvalue weighted by molar-refractivity contribution is -0.125. The summed E-state index contributed by atoms with van der Waals surface area (Å²) in [5.41, 5.74) is 0. The highest BCUT2D eigenvalue weighted by molar-refractivity contribution is 7.51. The van der Waals surface area contributed by atoms with E-state index in [-0.39, 0.29) is 11.8 Å². The molecule has 0 fully saturated rings. The fourth-order valence-electron chi connectivity index (χ4n) is 1.53. The SMILES string of the molecule is COCC(C)C(=O)NCCCCCCOP(C)(=O)O. The van der Waals surface area contributed by atoms with Crippen molar-refractivity contribution in [1.82, 2.24) is 5.32 Å². The summed E-state index contributed by atoms with van der Waals surface area (Å²) in [4.78, 5) is 20.4. The number of ether oxygens (including phenoxy) is 1. The topological polar surface area (TPSA) is 84.9 Å². The third-order valence-electron chi connectivity index (χ3n) is 2.57. The molecule has 7 heteroatoms. The number of methoxy groups -OCH3 is 1. The summed E-state index contributed by atoms with van der Waals surface area (Å²) >= 11 is 0. The number of nitrogens with one attached hydrogen (secondary N) is 1. The summed E-state index contributed by atoms with van der Waals surface area (Å²) < 4.78 is 20.5. The van der Waals surface area contributed by atoms with Crippen molar-refractivity contribution < 1.29 is 23.5 Å². The summed E-state index contributed by atoms with van der Waals surface area (Å²) in [5, 5.41) is 2.85. The molecule has 0 bridgehead atoms. The van der Waals surface area contributed by atoms with Gasteiger partial charge in [0.1, 0.15) is 0 Å². The molecule has 19 heavy (non-hydrogen) atoms. The summed E-state index contributed by atoms with van der Waals surface area (Å²) in [5.74, 6) is -0.112. The zero-order chi connectivity index (χ0) is 14.7. The molecule has 0 aliphatic rings. The van der Waals surface area contributed by atoms with Crippen molar-refractivity contribution in [2.45, 2.75) is 32.6 Å². The van der Waals surface area contributed by atoms with Gasteiger partial charge in [0.15, 0.2) is 0 Å². The third-order valence-corrected chi connectivity index (χ3v) is 3.23. The van der Waals surface area contributed by atoms with E-state index in [1.54, 1.807) is 7.11 Å². The number of carbonyl (C=O) groups is 1. The van der Waals surface area contributed by atoms with Crippen LogP contribution in [0.3, 0.4) is 0 Å². The molecule has 0 heterocycles. The molecule has 0 saturated carbocycles. The lowest BCUT2D eigenvalue weighted by Gasteiger charge is -2.11. The van der Waals surface area contributed by atoms with Gasteiger partial charge in [-0.1, -0.05) is 19.8 Å². The first-order chi connectivity index (χ1) is 8.87. The minimum Gasteiger partial charge on any atom is -0.384 e. The Kier molecular flexibility index (Phi) is 10.1. The van der Waals surface area contributed by atoms with Crippen LogP contribution in [0.1, 0.15) is 32.6 Å². The maximum absolute atomic E-state index is 11.5. The van der Waals surface area contributed by atoms with Crippen molar-refractivity contribution in [1.29, 1.82) is 0 Å². The Morgan fingerprint density at radius 1 is 1.32 bits per heavy atom. The molecule has 0 aromatic carbocycles. The monoisotopic (exact) mass is 295 g/mol. The molecule has 2 N–H and O–H groups in total. The number of unbranched alkanes of at least 4 members (excludes halogenated alkanes) is 3. The van der Waals surface area contributed by atoms with E-state index in [0.717, 1.165) is 25.7 Å². The van der Waals surface area contributed by atoms with Gasteiger partial charge in [-0.25, -0.2) is 0 Å². The van der Waals surface area contributed by atoms with Gasteiger partial charge in [0.2, 0.25) is 5.91 Å². The molecule has 0 aliphatic heterocycles. The first kappa shape index (κ1) is 18.6. The van der Waals surface area contributed by atoms with Crippen LogP contribution < -0.4 is 5.32 Å². The largest absolute Gasteiger partial charge is 0.384 e. The molecule has 0 aromatic heterocycles. The zero-order valence-electron chi connectivity index (χ0n) is 12.1. The minimum absolute atomic E-state index is 0.0115. The Morgan fingerprint density at radius 3 is 2.53 bits per heavy atom. The molecule has 114 valence electrons. The van der Waals surface area contributed by atoms with Gasteiger partial charge in [0.05, 0.1) is 19.1 Å². The Hall–Kier alpha value is -0.420. The van der Waals surface area contributed by atoms with Crippen LogP contribution >= 0.6 is 7.60 Å². The predicted molar refractivity (Wildman–Crippen MR) is 74.2 cm³/mol. The maximum Gasteiger partial charge on any atom is 0.325 e.